The summed E-state index contributed by atoms with van der Waals surface area (Å²) in [7, 11) is 3.38. The number of nitrogens with one attached hydrogen (secondary N) is 2. The SMILES string of the molecule is CCNC(=S)N[C@H](C(C)C)[C@H]1c2cc(OC)c(OC)cc2CCN1CC. The molecule has 1 aromatic carbocycles. The molecule has 5 nitrogen and oxygen atoms in total. The first kappa shape index (κ1) is 20.8. The highest BCUT2D eigenvalue weighted by Crippen LogP contribution is 2.40. The van der Waals surface area contributed by atoms with Crippen LogP contribution in [-0.2, 0) is 6.42 Å². The van der Waals surface area contributed by atoms with Gasteiger partial charge in [-0.25, -0.2) is 0 Å². The number of benzene rings is 1. The Hall–Kier alpha value is -1.53. The van der Waals surface area contributed by atoms with Gasteiger partial charge in [-0.05, 0) is 61.3 Å². The standard InChI is InChI=1S/C20H33N3O2S/c1-7-21-20(26)22-18(13(3)4)19-15-12-17(25-6)16(24-5)11-14(15)9-10-23(19)8-2/h11-13,18-19H,7-10H2,1-6H3,(H2,21,22,26)/t18-,19-/m1/s1. The molecule has 0 unspecified atom stereocenters. The predicted molar refractivity (Wildman–Crippen MR) is 111 cm³/mol. The van der Waals surface area contributed by atoms with E-state index in [0.29, 0.717) is 5.92 Å². The van der Waals surface area contributed by atoms with Crippen molar-refractivity contribution in [1.29, 1.82) is 0 Å². The van der Waals surface area contributed by atoms with E-state index in [2.05, 4.69) is 55.4 Å². The van der Waals surface area contributed by atoms with E-state index < -0.39 is 0 Å². The van der Waals surface area contributed by atoms with Crippen LogP contribution in [-0.4, -0.2) is 49.9 Å². The third-order valence-corrected chi connectivity index (χ3v) is 5.39. The van der Waals surface area contributed by atoms with Gasteiger partial charge in [-0.15, -0.1) is 0 Å². The highest BCUT2D eigenvalue weighted by atomic mass is 32.1. The number of likely N-dealkylation sites (N-methyl/N-ethyl adjacent to an activating group) is 1. The van der Waals surface area contributed by atoms with Gasteiger partial charge in [0.15, 0.2) is 16.6 Å². The van der Waals surface area contributed by atoms with Crippen LogP contribution < -0.4 is 20.1 Å². The molecule has 146 valence electrons. The molecule has 1 heterocycles. The average molecular weight is 380 g/mol. The lowest BCUT2D eigenvalue weighted by Gasteiger charge is -2.43. The van der Waals surface area contributed by atoms with E-state index >= 15 is 0 Å². The average Bonchev–Trinajstić information content (AvgIpc) is 2.64. The fraction of sp³-hybridized carbons (Fsp3) is 0.650. The van der Waals surface area contributed by atoms with Crippen molar-refractivity contribution in [2.45, 2.75) is 46.2 Å². The molecule has 1 aliphatic heterocycles. The number of methoxy groups -OCH3 is 2. The molecular formula is C20H33N3O2S. The summed E-state index contributed by atoms with van der Waals surface area (Å²) in [5, 5.41) is 7.51. The molecule has 0 amide bonds. The minimum Gasteiger partial charge on any atom is -0.493 e. The van der Waals surface area contributed by atoms with E-state index in [0.717, 1.165) is 42.7 Å². The minimum atomic E-state index is 0.207. The third-order valence-electron chi connectivity index (χ3n) is 5.13. The van der Waals surface area contributed by atoms with Crippen LogP contribution in [0.15, 0.2) is 12.1 Å². The molecule has 26 heavy (non-hydrogen) atoms. The molecule has 0 bridgehead atoms. The highest BCUT2D eigenvalue weighted by Gasteiger charge is 2.36. The summed E-state index contributed by atoms with van der Waals surface area (Å²) < 4.78 is 11.1. The first-order valence-electron chi connectivity index (χ1n) is 9.49. The molecule has 0 fully saturated rings. The monoisotopic (exact) mass is 379 g/mol. The van der Waals surface area contributed by atoms with Gasteiger partial charge in [0, 0.05) is 13.1 Å². The Kier molecular flexibility index (Phi) is 7.53. The second-order valence-corrected chi connectivity index (χ2v) is 7.41. The Balaban J connectivity index is 2.48. The van der Waals surface area contributed by atoms with Crippen LogP contribution in [0.2, 0.25) is 0 Å². The molecule has 2 atom stereocenters. The molecule has 6 heteroatoms. The van der Waals surface area contributed by atoms with Crippen molar-refractivity contribution in [3.05, 3.63) is 23.3 Å². The maximum atomic E-state index is 5.58. The number of rotatable bonds is 7. The van der Waals surface area contributed by atoms with Gasteiger partial charge in [-0.3, -0.25) is 4.90 Å². The van der Waals surface area contributed by atoms with Crippen molar-refractivity contribution >= 4 is 17.3 Å². The lowest BCUT2D eigenvalue weighted by atomic mass is 9.83. The van der Waals surface area contributed by atoms with E-state index in [4.69, 9.17) is 21.7 Å². The summed E-state index contributed by atoms with van der Waals surface area (Å²) >= 11 is 5.49. The molecule has 2 rings (SSSR count). The molecule has 0 aromatic heterocycles. The van der Waals surface area contributed by atoms with Crippen LogP contribution in [0.4, 0.5) is 0 Å². The number of fused-ring (bicyclic) bond motifs is 1. The molecule has 2 N–H and O–H groups in total. The number of ether oxygens (including phenoxy) is 2. The summed E-state index contributed by atoms with van der Waals surface area (Å²) in [6.45, 7) is 11.6. The normalized spacial score (nSPS) is 18.2. The van der Waals surface area contributed by atoms with Crippen molar-refractivity contribution in [2.24, 2.45) is 5.92 Å². The van der Waals surface area contributed by atoms with Crippen molar-refractivity contribution in [3.8, 4) is 11.5 Å². The van der Waals surface area contributed by atoms with Crippen LogP contribution in [0.5, 0.6) is 11.5 Å². The summed E-state index contributed by atoms with van der Waals surface area (Å²) in [4.78, 5) is 2.53. The lowest BCUT2D eigenvalue weighted by Crippen LogP contribution is -2.53. The third kappa shape index (κ3) is 4.41. The zero-order valence-corrected chi connectivity index (χ0v) is 17.7. The van der Waals surface area contributed by atoms with E-state index in [1.165, 1.54) is 11.1 Å². The van der Waals surface area contributed by atoms with Gasteiger partial charge in [0.2, 0.25) is 0 Å². The molecule has 0 spiro atoms. The Morgan fingerprint density at radius 2 is 1.88 bits per heavy atom. The van der Waals surface area contributed by atoms with Crippen molar-refractivity contribution in [1.82, 2.24) is 15.5 Å². The van der Waals surface area contributed by atoms with Crippen LogP contribution in [0, 0.1) is 5.92 Å². The quantitative estimate of drug-likeness (QED) is 0.710. The highest BCUT2D eigenvalue weighted by molar-refractivity contribution is 7.80. The first-order valence-corrected chi connectivity index (χ1v) is 9.90. The van der Waals surface area contributed by atoms with E-state index in [9.17, 15) is 0 Å². The molecule has 0 radical (unpaired) electrons. The number of thiocarbonyl (C=S) groups is 1. The van der Waals surface area contributed by atoms with Crippen molar-refractivity contribution < 1.29 is 9.47 Å². The lowest BCUT2D eigenvalue weighted by molar-refractivity contribution is 0.140. The molecule has 0 saturated heterocycles. The molecule has 0 saturated carbocycles. The minimum absolute atomic E-state index is 0.207. The Bertz CT molecular complexity index is 621. The predicted octanol–water partition coefficient (Wildman–Crippen LogP) is 3.13. The second kappa shape index (κ2) is 9.42. The maximum absolute atomic E-state index is 5.58. The molecule has 0 aliphatic carbocycles. The van der Waals surface area contributed by atoms with Gasteiger partial charge >= 0.3 is 0 Å². The summed E-state index contributed by atoms with van der Waals surface area (Å²) in [5.74, 6) is 2.00. The zero-order valence-electron chi connectivity index (χ0n) is 16.9. The van der Waals surface area contributed by atoms with Crippen molar-refractivity contribution in [2.75, 3.05) is 33.9 Å². The summed E-state index contributed by atoms with van der Waals surface area (Å²) in [5.41, 5.74) is 2.64. The van der Waals surface area contributed by atoms with Gasteiger partial charge in [-0.2, -0.15) is 0 Å². The Labute approximate surface area is 163 Å². The molecule has 1 aromatic rings. The summed E-state index contributed by atoms with van der Waals surface area (Å²) in [6.07, 6.45) is 1.02. The second-order valence-electron chi connectivity index (χ2n) is 7.00. The molecule has 1 aliphatic rings. The van der Waals surface area contributed by atoms with Crippen LogP contribution in [0.3, 0.4) is 0 Å². The van der Waals surface area contributed by atoms with Gasteiger partial charge in [-0.1, -0.05) is 20.8 Å². The van der Waals surface area contributed by atoms with Gasteiger partial charge in [0.25, 0.3) is 0 Å². The number of nitrogens with zero attached hydrogens (tertiary/aromatic N) is 1. The largest absolute Gasteiger partial charge is 0.493 e. The first-order chi connectivity index (χ1) is 12.5. The molecular weight excluding hydrogens is 346 g/mol. The maximum Gasteiger partial charge on any atom is 0.166 e. The fourth-order valence-corrected chi connectivity index (χ4v) is 4.06. The smallest absolute Gasteiger partial charge is 0.166 e. The topological polar surface area (TPSA) is 45.8 Å². The van der Waals surface area contributed by atoms with E-state index in [1.54, 1.807) is 14.2 Å². The van der Waals surface area contributed by atoms with Gasteiger partial charge in [0.05, 0.1) is 26.3 Å². The van der Waals surface area contributed by atoms with Crippen LogP contribution in [0.1, 0.15) is 44.9 Å². The van der Waals surface area contributed by atoms with Crippen LogP contribution >= 0.6 is 12.2 Å². The van der Waals surface area contributed by atoms with E-state index in [1.807, 2.05) is 0 Å². The summed E-state index contributed by atoms with van der Waals surface area (Å²) in [6, 6.07) is 4.72. The Morgan fingerprint density at radius 3 is 2.42 bits per heavy atom. The number of hydrogen-bond donors (Lipinski definition) is 2. The number of hydrogen-bond acceptors (Lipinski definition) is 4. The van der Waals surface area contributed by atoms with Gasteiger partial charge in [0.1, 0.15) is 0 Å². The van der Waals surface area contributed by atoms with Gasteiger partial charge < -0.3 is 20.1 Å². The van der Waals surface area contributed by atoms with Crippen LogP contribution in [0.25, 0.3) is 0 Å². The van der Waals surface area contributed by atoms with Crippen molar-refractivity contribution in [3.63, 3.8) is 0 Å². The Morgan fingerprint density at radius 1 is 1.23 bits per heavy atom. The zero-order chi connectivity index (χ0) is 19.3. The fourth-order valence-electron chi connectivity index (χ4n) is 3.78. The van der Waals surface area contributed by atoms with E-state index in [-0.39, 0.29) is 12.1 Å².